The van der Waals surface area contributed by atoms with Crippen LogP contribution in [0.3, 0.4) is 0 Å². The first kappa shape index (κ1) is 20.1. The molecule has 0 unspecified atom stereocenters. The van der Waals surface area contributed by atoms with E-state index >= 15 is 0 Å². The normalized spacial score (nSPS) is 12.8. The number of nitrogens with zero attached hydrogens (tertiary/aromatic N) is 1. The van der Waals surface area contributed by atoms with Crippen LogP contribution in [-0.2, 0) is 21.0 Å². The molecule has 1 rings (SSSR count). The van der Waals surface area contributed by atoms with Crippen LogP contribution in [0.2, 0.25) is 0 Å². The van der Waals surface area contributed by atoms with E-state index in [2.05, 4.69) is 5.32 Å². The summed E-state index contributed by atoms with van der Waals surface area (Å²) in [6.45, 7) is 9.37. The predicted octanol–water partition coefficient (Wildman–Crippen LogP) is 2.72. The maximum absolute atomic E-state index is 12.6. The molecule has 24 heavy (non-hydrogen) atoms. The Kier molecular flexibility index (Phi) is 7.38. The van der Waals surface area contributed by atoms with E-state index in [4.69, 9.17) is 9.94 Å². The first-order valence-corrected chi connectivity index (χ1v) is 8.09. The van der Waals surface area contributed by atoms with Crippen molar-refractivity contribution in [3.63, 3.8) is 0 Å². The van der Waals surface area contributed by atoms with E-state index < -0.39 is 11.6 Å². The summed E-state index contributed by atoms with van der Waals surface area (Å²) >= 11 is 0. The fourth-order valence-corrected chi connectivity index (χ4v) is 2.17. The molecule has 0 spiro atoms. The minimum Gasteiger partial charge on any atom is -0.392 e. The molecule has 0 aromatic heterocycles. The smallest absolute Gasteiger partial charge is 0.249 e. The number of carbonyl (C=O) groups is 2. The maximum atomic E-state index is 12.6. The molecule has 134 valence electrons. The highest BCUT2D eigenvalue weighted by Gasteiger charge is 2.30. The quantitative estimate of drug-likeness (QED) is 0.565. The van der Waals surface area contributed by atoms with Gasteiger partial charge in [0, 0.05) is 5.69 Å². The van der Waals surface area contributed by atoms with E-state index in [-0.39, 0.29) is 18.4 Å². The Labute approximate surface area is 143 Å². The Morgan fingerprint density at radius 1 is 1.29 bits per heavy atom. The highest BCUT2D eigenvalue weighted by Crippen LogP contribution is 2.19. The second kappa shape index (κ2) is 8.80. The van der Waals surface area contributed by atoms with Gasteiger partial charge in [0.05, 0.1) is 12.2 Å². The van der Waals surface area contributed by atoms with Crippen LogP contribution in [-0.4, -0.2) is 34.1 Å². The van der Waals surface area contributed by atoms with Gasteiger partial charge in [-0.25, -0.2) is 5.06 Å². The number of hydroxylamine groups is 2. The number of carbonyl (C=O) groups excluding carboxylic acids is 2. The first-order chi connectivity index (χ1) is 11.2. The number of nitrogens with one attached hydrogen (secondary N) is 1. The van der Waals surface area contributed by atoms with Gasteiger partial charge in [-0.15, -0.1) is 0 Å². The van der Waals surface area contributed by atoms with Gasteiger partial charge >= 0.3 is 0 Å². The summed E-state index contributed by atoms with van der Waals surface area (Å²) in [5.74, 6) is -0.0969. The van der Waals surface area contributed by atoms with Crippen LogP contribution < -0.4 is 5.32 Å². The van der Waals surface area contributed by atoms with Crippen molar-refractivity contribution in [2.45, 2.75) is 59.3 Å². The molecule has 6 heteroatoms. The van der Waals surface area contributed by atoms with Gasteiger partial charge < -0.3 is 10.4 Å². The Balaban J connectivity index is 2.91. The number of benzene rings is 1. The summed E-state index contributed by atoms with van der Waals surface area (Å²) in [5, 5.41) is 13.0. The van der Waals surface area contributed by atoms with Crippen molar-refractivity contribution < 1.29 is 19.5 Å². The van der Waals surface area contributed by atoms with E-state index in [9.17, 15) is 9.59 Å². The van der Waals surface area contributed by atoms with E-state index in [1.54, 1.807) is 24.3 Å². The van der Waals surface area contributed by atoms with Crippen LogP contribution in [0.1, 0.15) is 46.6 Å². The zero-order valence-corrected chi connectivity index (χ0v) is 15.1. The summed E-state index contributed by atoms with van der Waals surface area (Å²) < 4.78 is 0. The van der Waals surface area contributed by atoms with Gasteiger partial charge in [-0.05, 0) is 50.8 Å². The number of hydrogen-bond donors (Lipinski definition) is 2. The fourth-order valence-electron chi connectivity index (χ4n) is 2.17. The molecule has 0 saturated carbocycles. The predicted molar refractivity (Wildman–Crippen MR) is 93.0 cm³/mol. The van der Waals surface area contributed by atoms with Crippen molar-refractivity contribution in [2.24, 2.45) is 5.92 Å². The summed E-state index contributed by atoms with van der Waals surface area (Å²) in [6, 6.07) is 6.17. The van der Waals surface area contributed by atoms with Crippen molar-refractivity contribution in [3.8, 4) is 0 Å². The molecule has 0 bridgehead atoms. The van der Waals surface area contributed by atoms with Crippen molar-refractivity contribution in [3.05, 3.63) is 29.8 Å². The lowest BCUT2D eigenvalue weighted by Gasteiger charge is -2.33. The highest BCUT2D eigenvalue weighted by atomic mass is 16.7. The molecule has 2 amide bonds. The second-order valence-electron chi connectivity index (χ2n) is 7.16. The summed E-state index contributed by atoms with van der Waals surface area (Å²) in [6.07, 6.45) is 1.03. The Morgan fingerprint density at radius 2 is 1.88 bits per heavy atom. The Bertz CT molecular complexity index is 535. The van der Waals surface area contributed by atoms with Gasteiger partial charge in [0.1, 0.15) is 6.04 Å². The molecule has 1 atom stereocenters. The van der Waals surface area contributed by atoms with E-state index in [0.29, 0.717) is 18.5 Å². The van der Waals surface area contributed by atoms with Crippen LogP contribution in [0.25, 0.3) is 0 Å². The maximum Gasteiger partial charge on any atom is 0.249 e. The summed E-state index contributed by atoms with van der Waals surface area (Å²) in [5.41, 5.74) is 0.781. The van der Waals surface area contributed by atoms with Gasteiger partial charge in [-0.1, -0.05) is 26.0 Å². The minimum absolute atomic E-state index is 0.0530. The minimum atomic E-state index is -0.723. The van der Waals surface area contributed by atoms with Gasteiger partial charge in [0.25, 0.3) is 0 Å². The van der Waals surface area contributed by atoms with Crippen LogP contribution in [0, 0.1) is 5.92 Å². The van der Waals surface area contributed by atoms with E-state index in [1.807, 2.05) is 34.6 Å². The zero-order valence-electron chi connectivity index (χ0n) is 15.1. The molecule has 0 heterocycles. The molecular formula is C18H28N2O4. The molecular weight excluding hydrogens is 308 g/mol. The molecule has 0 aliphatic rings. The van der Waals surface area contributed by atoms with Crippen molar-refractivity contribution in [1.29, 1.82) is 0 Å². The second-order valence-corrected chi connectivity index (χ2v) is 7.16. The van der Waals surface area contributed by atoms with E-state index in [1.165, 1.54) is 0 Å². The third kappa shape index (κ3) is 6.68. The van der Waals surface area contributed by atoms with Crippen molar-refractivity contribution >= 4 is 18.0 Å². The van der Waals surface area contributed by atoms with E-state index in [0.717, 1.165) is 10.6 Å². The standard InChI is InChI=1S/C18H28N2O4/c1-13(2)10-16(20(12-22)24-18(3,4)5)17(23)19-15-8-6-14(11-21)7-9-15/h6-9,12-13,16,21H,10-11H2,1-5H3,(H,19,23)/t16-/m0/s1. The SMILES string of the molecule is CC(C)C[C@@H](C(=O)Nc1ccc(CO)cc1)N(C=O)OC(C)(C)C. The Morgan fingerprint density at radius 3 is 2.29 bits per heavy atom. The molecule has 0 radical (unpaired) electrons. The van der Waals surface area contributed by atoms with Gasteiger partial charge in [0.2, 0.25) is 12.3 Å². The third-order valence-corrected chi connectivity index (χ3v) is 3.19. The number of hydrogen-bond acceptors (Lipinski definition) is 4. The van der Waals surface area contributed by atoms with Crippen LogP contribution >= 0.6 is 0 Å². The largest absolute Gasteiger partial charge is 0.392 e. The lowest BCUT2D eigenvalue weighted by Crippen LogP contribution is -2.47. The molecule has 1 aromatic rings. The van der Waals surface area contributed by atoms with Gasteiger partial charge in [0.15, 0.2) is 0 Å². The number of aliphatic hydroxyl groups excluding tert-OH is 1. The third-order valence-electron chi connectivity index (χ3n) is 3.19. The lowest BCUT2D eigenvalue weighted by atomic mass is 10.0. The molecule has 0 saturated heterocycles. The summed E-state index contributed by atoms with van der Waals surface area (Å²) in [4.78, 5) is 29.7. The molecule has 0 aliphatic carbocycles. The molecule has 1 aromatic carbocycles. The number of amides is 2. The van der Waals surface area contributed by atoms with Crippen LogP contribution in [0.15, 0.2) is 24.3 Å². The average molecular weight is 336 g/mol. The first-order valence-electron chi connectivity index (χ1n) is 8.09. The highest BCUT2D eigenvalue weighted by molar-refractivity contribution is 5.95. The number of anilines is 1. The molecule has 0 fully saturated rings. The van der Waals surface area contributed by atoms with Crippen LogP contribution in [0.5, 0.6) is 0 Å². The van der Waals surface area contributed by atoms with Gasteiger partial charge in [-0.3, -0.25) is 14.4 Å². The zero-order chi connectivity index (χ0) is 18.3. The van der Waals surface area contributed by atoms with Crippen molar-refractivity contribution in [2.75, 3.05) is 5.32 Å². The fraction of sp³-hybridized carbons (Fsp3) is 0.556. The Hall–Kier alpha value is -1.92. The lowest BCUT2D eigenvalue weighted by molar-refractivity contribution is -0.231. The monoisotopic (exact) mass is 336 g/mol. The van der Waals surface area contributed by atoms with Crippen LogP contribution in [0.4, 0.5) is 5.69 Å². The molecule has 2 N–H and O–H groups in total. The number of rotatable bonds is 8. The molecule has 6 nitrogen and oxygen atoms in total. The topological polar surface area (TPSA) is 78.9 Å². The molecule has 0 aliphatic heterocycles. The summed E-state index contributed by atoms with van der Waals surface area (Å²) in [7, 11) is 0. The van der Waals surface area contributed by atoms with Gasteiger partial charge in [-0.2, -0.15) is 0 Å². The number of aliphatic hydroxyl groups is 1. The van der Waals surface area contributed by atoms with Crippen molar-refractivity contribution in [1.82, 2.24) is 5.06 Å². The average Bonchev–Trinajstić information content (AvgIpc) is 2.50.